The first-order valence-corrected chi connectivity index (χ1v) is 5.88. The number of rotatable bonds is 4. The minimum absolute atomic E-state index is 0.114. The Bertz CT molecular complexity index is 504. The molecule has 0 saturated carbocycles. The fourth-order valence-corrected chi connectivity index (χ4v) is 1.75. The van der Waals surface area contributed by atoms with Gasteiger partial charge in [0.15, 0.2) is 0 Å². The highest BCUT2D eigenvalue weighted by molar-refractivity contribution is 5.83. The van der Waals surface area contributed by atoms with E-state index >= 15 is 0 Å². The minimum Gasteiger partial charge on any atom is -0.361 e. The van der Waals surface area contributed by atoms with Gasteiger partial charge in [-0.3, -0.25) is 0 Å². The molecule has 2 rings (SSSR count). The maximum atomic E-state index is 11.4. The lowest BCUT2D eigenvalue weighted by Crippen LogP contribution is -2.35. The molecule has 2 amide bonds. The SMILES string of the molecule is CCCNC(=O)NCc1c[nH]c2ccccc12. The summed E-state index contributed by atoms with van der Waals surface area (Å²) in [6.07, 6.45) is 2.88. The van der Waals surface area contributed by atoms with E-state index in [0.29, 0.717) is 13.1 Å². The van der Waals surface area contributed by atoms with Crippen molar-refractivity contribution in [1.29, 1.82) is 0 Å². The summed E-state index contributed by atoms with van der Waals surface area (Å²) >= 11 is 0. The summed E-state index contributed by atoms with van der Waals surface area (Å²) in [4.78, 5) is 14.6. The summed E-state index contributed by atoms with van der Waals surface area (Å²) in [5, 5.41) is 6.78. The summed E-state index contributed by atoms with van der Waals surface area (Å²) in [5.74, 6) is 0. The third-order valence-electron chi connectivity index (χ3n) is 2.65. The van der Waals surface area contributed by atoms with Gasteiger partial charge in [0.1, 0.15) is 0 Å². The number of para-hydroxylation sites is 1. The normalized spacial score (nSPS) is 10.4. The average Bonchev–Trinajstić information content (AvgIpc) is 2.77. The van der Waals surface area contributed by atoms with Crippen LogP contribution in [0.15, 0.2) is 30.5 Å². The van der Waals surface area contributed by atoms with Crippen LogP contribution in [0.4, 0.5) is 4.79 Å². The molecule has 4 heteroatoms. The Kier molecular flexibility index (Phi) is 3.65. The Hall–Kier alpha value is -1.97. The number of fused-ring (bicyclic) bond motifs is 1. The van der Waals surface area contributed by atoms with Gasteiger partial charge in [0.25, 0.3) is 0 Å². The van der Waals surface area contributed by atoms with E-state index < -0.39 is 0 Å². The monoisotopic (exact) mass is 231 g/mol. The molecule has 0 unspecified atom stereocenters. The molecule has 4 nitrogen and oxygen atoms in total. The van der Waals surface area contributed by atoms with Gasteiger partial charge in [0.05, 0.1) is 0 Å². The maximum absolute atomic E-state index is 11.4. The predicted molar refractivity (Wildman–Crippen MR) is 68.8 cm³/mol. The molecule has 90 valence electrons. The highest BCUT2D eigenvalue weighted by Gasteiger charge is 2.04. The standard InChI is InChI=1S/C13H17N3O/c1-2-7-14-13(17)16-9-10-8-15-12-6-4-3-5-11(10)12/h3-6,8,15H,2,7,9H2,1H3,(H2,14,16,17). The summed E-state index contributed by atoms with van der Waals surface area (Å²) in [6, 6.07) is 7.95. The quantitative estimate of drug-likeness (QED) is 0.743. The molecule has 1 heterocycles. The van der Waals surface area contributed by atoms with Crippen molar-refractivity contribution in [1.82, 2.24) is 15.6 Å². The lowest BCUT2D eigenvalue weighted by atomic mass is 10.2. The number of hydrogen-bond donors (Lipinski definition) is 3. The van der Waals surface area contributed by atoms with Gasteiger partial charge >= 0.3 is 6.03 Å². The van der Waals surface area contributed by atoms with Crippen molar-refractivity contribution in [3.63, 3.8) is 0 Å². The summed E-state index contributed by atoms with van der Waals surface area (Å²) in [6.45, 7) is 3.28. The van der Waals surface area contributed by atoms with Crippen LogP contribution in [0.1, 0.15) is 18.9 Å². The molecule has 1 aromatic heterocycles. The molecule has 0 aliphatic heterocycles. The topological polar surface area (TPSA) is 56.9 Å². The predicted octanol–water partition coefficient (Wildman–Crippen LogP) is 2.38. The fraction of sp³-hybridized carbons (Fsp3) is 0.308. The number of aromatic nitrogens is 1. The summed E-state index contributed by atoms with van der Waals surface area (Å²) in [7, 11) is 0. The molecular formula is C13H17N3O. The number of H-pyrrole nitrogens is 1. The van der Waals surface area contributed by atoms with E-state index in [-0.39, 0.29) is 6.03 Å². The van der Waals surface area contributed by atoms with Crippen molar-refractivity contribution in [3.8, 4) is 0 Å². The Labute approximate surface area is 100 Å². The molecule has 3 N–H and O–H groups in total. The first kappa shape index (κ1) is 11.5. The van der Waals surface area contributed by atoms with Gasteiger partial charge in [-0.25, -0.2) is 4.79 Å². The van der Waals surface area contributed by atoms with Gasteiger partial charge in [0.2, 0.25) is 0 Å². The van der Waals surface area contributed by atoms with Crippen molar-refractivity contribution in [3.05, 3.63) is 36.0 Å². The van der Waals surface area contributed by atoms with Crippen molar-refractivity contribution in [2.75, 3.05) is 6.54 Å². The first-order chi connectivity index (χ1) is 8.31. The van der Waals surface area contributed by atoms with Gasteiger partial charge in [0, 0.05) is 30.2 Å². The number of carbonyl (C=O) groups is 1. The van der Waals surface area contributed by atoms with Crippen molar-refractivity contribution < 1.29 is 4.79 Å². The van der Waals surface area contributed by atoms with E-state index in [9.17, 15) is 4.79 Å². The highest BCUT2D eigenvalue weighted by atomic mass is 16.2. The second kappa shape index (κ2) is 5.39. The highest BCUT2D eigenvalue weighted by Crippen LogP contribution is 2.16. The van der Waals surface area contributed by atoms with Gasteiger partial charge < -0.3 is 15.6 Å². The molecular weight excluding hydrogens is 214 g/mol. The zero-order valence-corrected chi connectivity index (χ0v) is 9.92. The number of aromatic amines is 1. The van der Waals surface area contributed by atoms with Gasteiger partial charge in [-0.1, -0.05) is 25.1 Å². The Balaban J connectivity index is 1.97. The smallest absolute Gasteiger partial charge is 0.315 e. The van der Waals surface area contributed by atoms with Crippen LogP contribution in [-0.4, -0.2) is 17.6 Å². The number of hydrogen-bond acceptors (Lipinski definition) is 1. The van der Waals surface area contributed by atoms with Crippen LogP contribution in [0, 0.1) is 0 Å². The molecule has 0 radical (unpaired) electrons. The van der Waals surface area contributed by atoms with Crippen molar-refractivity contribution in [2.24, 2.45) is 0 Å². The lowest BCUT2D eigenvalue weighted by molar-refractivity contribution is 0.240. The van der Waals surface area contributed by atoms with Crippen molar-refractivity contribution >= 4 is 16.9 Å². The van der Waals surface area contributed by atoms with Crippen molar-refractivity contribution in [2.45, 2.75) is 19.9 Å². The van der Waals surface area contributed by atoms with Crippen LogP contribution in [-0.2, 0) is 6.54 Å². The molecule has 0 fully saturated rings. The van der Waals surface area contributed by atoms with Crippen LogP contribution < -0.4 is 10.6 Å². The molecule has 2 aromatic rings. The molecule has 0 aliphatic rings. The van der Waals surface area contributed by atoms with Gasteiger partial charge in [-0.05, 0) is 18.1 Å². The van der Waals surface area contributed by atoms with Crippen LogP contribution in [0.5, 0.6) is 0 Å². The van der Waals surface area contributed by atoms with E-state index in [4.69, 9.17) is 0 Å². The number of benzene rings is 1. The second-order valence-corrected chi connectivity index (χ2v) is 3.97. The number of amides is 2. The zero-order valence-electron chi connectivity index (χ0n) is 9.92. The number of nitrogens with one attached hydrogen (secondary N) is 3. The zero-order chi connectivity index (χ0) is 12.1. The second-order valence-electron chi connectivity index (χ2n) is 3.97. The van der Waals surface area contributed by atoms with E-state index in [1.165, 1.54) is 0 Å². The Morgan fingerprint density at radius 2 is 2.12 bits per heavy atom. The molecule has 0 spiro atoms. The van der Waals surface area contributed by atoms with E-state index in [0.717, 1.165) is 22.9 Å². The third-order valence-corrected chi connectivity index (χ3v) is 2.65. The molecule has 1 aromatic carbocycles. The number of carbonyl (C=O) groups excluding carboxylic acids is 1. The molecule has 0 atom stereocenters. The summed E-state index contributed by atoms with van der Waals surface area (Å²) in [5.41, 5.74) is 2.20. The largest absolute Gasteiger partial charge is 0.361 e. The van der Waals surface area contributed by atoms with E-state index in [1.54, 1.807) is 0 Å². The lowest BCUT2D eigenvalue weighted by Gasteiger charge is -2.05. The minimum atomic E-state index is -0.114. The van der Waals surface area contributed by atoms with Gasteiger partial charge in [-0.2, -0.15) is 0 Å². The van der Waals surface area contributed by atoms with E-state index in [1.807, 2.05) is 37.4 Å². The van der Waals surface area contributed by atoms with Gasteiger partial charge in [-0.15, -0.1) is 0 Å². The average molecular weight is 231 g/mol. The van der Waals surface area contributed by atoms with Crippen LogP contribution >= 0.6 is 0 Å². The first-order valence-electron chi connectivity index (χ1n) is 5.88. The molecule has 0 saturated heterocycles. The molecule has 0 bridgehead atoms. The summed E-state index contributed by atoms with van der Waals surface area (Å²) < 4.78 is 0. The third kappa shape index (κ3) is 2.78. The fourth-order valence-electron chi connectivity index (χ4n) is 1.75. The number of urea groups is 1. The Morgan fingerprint density at radius 1 is 1.29 bits per heavy atom. The van der Waals surface area contributed by atoms with E-state index in [2.05, 4.69) is 15.6 Å². The molecule has 17 heavy (non-hydrogen) atoms. The van der Waals surface area contributed by atoms with Crippen LogP contribution in [0.25, 0.3) is 10.9 Å². The Morgan fingerprint density at radius 3 is 2.94 bits per heavy atom. The van der Waals surface area contributed by atoms with Crippen LogP contribution in [0.2, 0.25) is 0 Å². The van der Waals surface area contributed by atoms with Crippen LogP contribution in [0.3, 0.4) is 0 Å². The maximum Gasteiger partial charge on any atom is 0.315 e. The molecule has 0 aliphatic carbocycles.